The number of benzene rings is 1. The van der Waals surface area contributed by atoms with Crippen LogP contribution < -0.4 is 10.6 Å². The van der Waals surface area contributed by atoms with Gasteiger partial charge in [0.25, 0.3) is 0 Å². The van der Waals surface area contributed by atoms with Crippen molar-refractivity contribution in [1.82, 2.24) is 15.5 Å². The van der Waals surface area contributed by atoms with Crippen molar-refractivity contribution >= 4 is 24.2 Å². The van der Waals surface area contributed by atoms with Gasteiger partial charge in [-0.2, -0.15) is 0 Å². The summed E-state index contributed by atoms with van der Waals surface area (Å²) < 4.78 is 0. The molecule has 0 spiro atoms. The second-order valence-corrected chi connectivity index (χ2v) is 4.90. The Bertz CT molecular complexity index is 438. The van der Waals surface area contributed by atoms with E-state index in [-0.39, 0.29) is 24.2 Å². The van der Waals surface area contributed by atoms with E-state index in [0.717, 1.165) is 5.56 Å². The van der Waals surface area contributed by atoms with Gasteiger partial charge in [-0.3, -0.25) is 9.59 Å². The van der Waals surface area contributed by atoms with Gasteiger partial charge in [-0.15, -0.1) is 12.4 Å². The van der Waals surface area contributed by atoms with Gasteiger partial charge in [0.05, 0.1) is 0 Å². The van der Waals surface area contributed by atoms with Crippen LogP contribution in [-0.2, 0) is 16.0 Å². The molecule has 0 radical (unpaired) electrons. The van der Waals surface area contributed by atoms with E-state index in [2.05, 4.69) is 10.6 Å². The third-order valence-electron chi connectivity index (χ3n) is 2.96. The third kappa shape index (κ3) is 7.11. The van der Waals surface area contributed by atoms with Crippen LogP contribution in [0.25, 0.3) is 0 Å². The predicted octanol–water partition coefficient (Wildman–Crippen LogP) is 0.833. The van der Waals surface area contributed by atoms with Gasteiger partial charge >= 0.3 is 0 Å². The quantitative estimate of drug-likeness (QED) is 0.784. The average molecular weight is 314 g/mol. The number of nitrogens with zero attached hydrogens (tertiary/aromatic N) is 1. The normalized spacial score (nSPS) is 11.2. The topological polar surface area (TPSA) is 61.4 Å². The van der Waals surface area contributed by atoms with E-state index in [1.54, 1.807) is 21.1 Å². The molecule has 0 bridgehead atoms. The summed E-state index contributed by atoms with van der Waals surface area (Å²) in [5.41, 5.74) is 1.03. The van der Waals surface area contributed by atoms with E-state index < -0.39 is 6.04 Å². The third-order valence-corrected chi connectivity index (χ3v) is 2.96. The minimum Gasteiger partial charge on any atom is -0.347 e. The molecule has 1 unspecified atom stereocenters. The molecule has 1 aromatic rings. The van der Waals surface area contributed by atoms with Crippen LogP contribution >= 0.6 is 12.4 Å². The maximum absolute atomic E-state index is 12.2. The Kier molecular flexibility index (Phi) is 9.41. The molecule has 6 heteroatoms. The van der Waals surface area contributed by atoms with Gasteiger partial charge in [0.1, 0.15) is 6.04 Å². The van der Waals surface area contributed by atoms with Crippen LogP contribution in [-0.4, -0.2) is 50.4 Å². The van der Waals surface area contributed by atoms with E-state index in [1.807, 2.05) is 30.3 Å². The lowest BCUT2D eigenvalue weighted by molar-refractivity contribution is -0.134. The van der Waals surface area contributed by atoms with Gasteiger partial charge in [0.2, 0.25) is 11.8 Å². The zero-order valence-electron chi connectivity index (χ0n) is 12.8. The molecule has 0 fully saturated rings. The molecular formula is C15H24ClN3O2. The van der Waals surface area contributed by atoms with Crippen LogP contribution in [0.15, 0.2) is 30.3 Å². The number of hydrogen-bond acceptors (Lipinski definition) is 3. The number of amides is 2. The zero-order valence-corrected chi connectivity index (χ0v) is 13.6. The molecule has 2 amide bonds. The van der Waals surface area contributed by atoms with Crippen molar-refractivity contribution in [2.45, 2.75) is 18.9 Å². The van der Waals surface area contributed by atoms with Crippen LogP contribution in [0.2, 0.25) is 0 Å². The van der Waals surface area contributed by atoms with Crippen molar-refractivity contribution in [2.75, 3.05) is 27.7 Å². The van der Waals surface area contributed by atoms with Crippen molar-refractivity contribution in [3.05, 3.63) is 35.9 Å². The minimum atomic E-state index is -0.517. The molecule has 2 N–H and O–H groups in total. The summed E-state index contributed by atoms with van der Waals surface area (Å²) >= 11 is 0. The largest absolute Gasteiger partial charge is 0.347 e. The number of halogens is 1. The molecule has 0 aliphatic rings. The summed E-state index contributed by atoms with van der Waals surface area (Å²) in [5.74, 6) is -0.206. The number of carbonyl (C=O) groups is 2. The second kappa shape index (κ2) is 10.2. The van der Waals surface area contributed by atoms with Crippen molar-refractivity contribution in [3.63, 3.8) is 0 Å². The number of likely N-dealkylation sites (N-methyl/N-ethyl adjacent to an activating group) is 1. The smallest absolute Gasteiger partial charge is 0.244 e. The van der Waals surface area contributed by atoms with Gasteiger partial charge in [-0.05, 0) is 12.6 Å². The van der Waals surface area contributed by atoms with Gasteiger partial charge in [-0.25, -0.2) is 0 Å². The van der Waals surface area contributed by atoms with Crippen molar-refractivity contribution in [3.8, 4) is 0 Å². The van der Waals surface area contributed by atoms with E-state index in [9.17, 15) is 9.59 Å². The summed E-state index contributed by atoms with van der Waals surface area (Å²) in [7, 11) is 5.18. The Labute approximate surface area is 132 Å². The standard InChI is InChI=1S/C15H23N3O2.ClH/c1-16-10-9-14(19)17-13(15(20)18(2)3)11-12-7-5-4-6-8-12;/h4-8,13,16H,9-11H2,1-3H3,(H,17,19);1H. The fourth-order valence-corrected chi connectivity index (χ4v) is 1.87. The lowest BCUT2D eigenvalue weighted by Gasteiger charge is -2.22. The summed E-state index contributed by atoms with van der Waals surface area (Å²) in [5, 5.41) is 5.73. The SMILES string of the molecule is CNCCC(=O)NC(Cc1ccccc1)C(=O)N(C)C.Cl. The summed E-state index contributed by atoms with van der Waals surface area (Å²) in [6.45, 7) is 0.597. The molecule has 1 aromatic carbocycles. The van der Waals surface area contributed by atoms with Crippen LogP contribution in [0.1, 0.15) is 12.0 Å². The van der Waals surface area contributed by atoms with Gasteiger partial charge in [0, 0.05) is 33.5 Å². The minimum absolute atomic E-state index is 0. The molecule has 0 aliphatic heterocycles. The predicted molar refractivity (Wildman–Crippen MR) is 86.6 cm³/mol. The van der Waals surface area contributed by atoms with Crippen LogP contribution in [0, 0.1) is 0 Å². The second-order valence-electron chi connectivity index (χ2n) is 4.90. The highest BCUT2D eigenvalue weighted by molar-refractivity contribution is 5.87. The fraction of sp³-hybridized carbons (Fsp3) is 0.467. The fourth-order valence-electron chi connectivity index (χ4n) is 1.87. The molecule has 118 valence electrons. The summed E-state index contributed by atoms with van der Waals surface area (Å²) in [6.07, 6.45) is 0.867. The number of hydrogen-bond donors (Lipinski definition) is 2. The first-order valence-corrected chi connectivity index (χ1v) is 6.73. The molecule has 0 aromatic heterocycles. The number of carbonyl (C=O) groups excluding carboxylic acids is 2. The van der Waals surface area contributed by atoms with Crippen molar-refractivity contribution in [1.29, 1.82) is 0 Å². The van der Waals surface area contributed by atoms with E-state index in [0.29, 0.717) is 19.4 Å². The monoisotopic (exact) mass is 313 g/mol. The van der Waals surface area contributed by atoms with Crippen molar-refractivity contribution < 1.29 is 9.59 Å². The Balaban J connectivity index is 0.00000400. The zero-order chi connectivity index (χ0) is 15.0. The lowest BCUT2D eigenvalue weighted by Crippen LogP contribution is -2.47. The molecule has 0 heterocycles. The first-order chi connectivity index (χ1) is 9.54. The highest BCUT2D eigenvalue weighted by Crippen LogP contribution is 2.05. The number of rotatable bonds is 7. The highest BCUT2D eigenvalue weighted by atomic mass is 35.5. The molecule has 0 saturated heterocycles. The molecule has 0 aliphatic carbocycles. The Morgan fingerprint density at radius 2 is 1.81 bits per heavy atom. The Morgan fingerprint density at radius 1 is 1.19 bits per heavy atom. The highest BCUT2D eigenvalue weighted by Gasteiger charge is 2.22. The maximum Gasteiger partial charge on any atom is 0.244 e. The summed E-state index contributed by atoms with van der Waals surface area (Å²) in [6, 6.07) is 9.17. The Hall–Kier alpha value is -1.59. The summed E-state index contributed by atoms with van der Waals surface area (Å²) in [4.78, 5) is 25.5. The van der Waals surface area contributed by atoms with Crippen LogP contribution in [0.3, 0.4) is 0 Å². The van der Waals surface area contributed by atoms with E-state index >= 15 is 0 Å². The van der Waals surface area contributed by atoms with Crippen molar-refractivity contribution in [2.24, 2.45) is 0 Å². The average Bonchev–Trinajstić information content (AvgIpc) is 2.44. The molecule has 5 nitrogen and oxygen atoms in total. The maximum atomic E-state index is 12.2. The number of nitrogens with one attached hydrogen (secondary N) is 2. The first-order valence-electron chi connectivity index (χ1n) is 6.73. The van der Waals surface area contributed by atoms with Crippen LogP contribution in [0.4, 0.5) is 0 Å². The van der Waals surface area contributed by atoms with E-state index in [4.69, 9.17) is 0 Å². The molecule has 1 rings (SSSR count). The Morgan fingerprint density at radius 3 is 2.33 bits per heavy atom. The molecular weight excluding hydrogens is 290 g/mol. The molecule has 1 atom stereocenters. The van der Waals surface area contributed by atoms with Gasteiger partial charge in [0.15, 0.2) is 0 Å². The lowest BCUT2D eigenvalue weighted by atomic mass is 10.0. The van der Waals surface area contributed by atoms with E-state index in [1.165, 1.54) is 4.90 Å². The molecule has 0 saturated carbocycles. The first kappa shape index (κ1) is 19.4. The van der Waals surface area contributed by atoms with Gasteiger partial charge < -0.3 is 15.5 Å². The molecule has 21 heavy (non-hydrogen) atoms. The van der Waals surface area contributed by atoms with Crippen LogP contribution in [0.5, 0.6) is 0 Å². The van der Waals surface area contributed by atoms with Gasteiger partial charge in [-0.1, -0.05) is 30.3 Å².